The van der Waals surface area contributed by atoms with Crippen LogP contribution in [0.15, 0.2) is 18.2 Å². The lowest BCUT2D eigenvalue weighted by Gasteiger charge is -2.37. The van der Waals surface area contributed by atoms with E-state index in [4.69, 9.17) is 4.74 Å². The minimum atomic E-state index is -0.306. The van der Waals surface area contributed by atoms with E-state index in [1.807, 2.05) is 28.9 Å². The minimum absolute atomic E-state index is 0.110. The number of hydrogen-bond donors (Lipinski definition) is 0. The van der Waals surface area contributed by atoms with Gasteiger partial charge in [0.15, 0.2) is 5.75 Å². The number of esters is 1. The summed E-state index contributed by atoms with van der Waals surface area (Å²) in [6.45, 7) is 5.33. The lowest BCUT2D eigenvalue weighted by molar-refractivity contribution is -0.134. The molecule has 1 fully saturated rings. The number of nitrogens with zero attached hydrogens (tertiary/aromatic N) is 2. The first-order valence-corrected chi connectivity index (χ1v) is 8.44. The second kappa shape index (κ2) is 6.60. The quantitative estimate of drug-likeness (QED) is 0.635. The Bertz CT molecular complexity index is 614. The van der Waals surface area contributed by atoms with Crippen LogP contribution in [-0.4, -0.2) is 42.5 Å². The third-order valence-corrected chi connectivity index (χ3v) is 4.74. The fourth-order valence-electron chi connectivity index (χ4n) is 3.51. The molecule has 1 unspecified atom stereocenters. The normalized spacial score (nSPS) is 21.0. The molecule has 1 aromatic rings. The van der Waals surface area contributed by atoms with Gasteiger partial charge >= 0.3 is 5.97 Å². The van der Waals surface area contributed by atoms with Crippen molar-refractivity contribution in [3.05, 3.63) is 23.8 Å². The van der Waals surface area contributed by atoms with Crippen LogP contribution in [-0.2, 0) is 9.59 Å². The monoisotopic (exact) mass is 316 g/mol. The molecule has 2 aliphatic rings. The molecule has 0 N–H and O–H groups in total. The number of carbonyl (C=O) groups is 2. The summed E-state index contributed by atoms with van der Waals surface area (Å²) in [6.07, 6.45) is 4.34. The Morgan fingerprint density at radius 3 is 2.96 bits per heavy atom. The van der Waals surface area contributed by atoms with Gasteiger partial charge < -0.3 is 14.5 Å². The summed E-state index contributed by atoms with van der Waals surface area (Å²) < 4.78 is 5.28. The molecule has 1 aromatic carbocycles. The van der Waals surface area contributed by atoms with Crippen molar-refractivity contribution in [2.24, 2.45) is 0 Å². The zero-order valence-corrected chi connectivity index (χ0v) is 13.9. The Hall–Kier alpha value is -2.04. The summed E-state index contributed by atoms with van der Waals surface area (Å²) in [6, 6.07) is 6.03. The number of piperidine rings is 1. The standard InChI is InChI=1S/C18H24N2O3/c1-3-14-6-4-5-9-20(14)17(21)11-19-12-18(22)23-16-8-7-13(2)10-15(16)19/h7-8,10,14H,3-6,9,11-12H2,1-2H3. The van der Waals surface area contributed by atoms with Crippen LogP contribution in [0.2, 0.25) is 0 Å². The summed E-state index contributed by atoms with van der Waals surface area (Å²) >= 11 is 0. The van der Waals surface area contributed by atoms with Crippen LogP contribution in [0.5, 0.6) is 5.75 Å². The van der Waals surface area contributed by atoms with E-state index in [2.05, 4.69) is 6.92 Å². The Balaban J connectivity index is 1.78. The van der Waals surface area contributed by atoms with E-state index in [9.17, 15) is 9.59 Å². The third kappa shape index (κ3) is 3.33. The van der Waals surface area contributed by atoms with Gasteiger partial charge in [-0.1, -0.05) is 13.0 Å². The number of amides is 1. The van der Waals surface area contributed by atoms with Crippen molar-refractivity contribution < 1.29 is 14.3 Å². The van der Waals surface area contributed by atoms with Crippen LogP contribution in [0.3, 0.4) is 0 Å². The Kier molecular flexibility index (Phi) is 4.55. The summed E-state index contributed by atoms with van der Waals surface area (Å²) in [5.41, 5.74) is 1.92. The van der Waals surface area contributed by atoms with Crippen molar-refractivity contribution >= 4 is 17.6 Å². The number of hydrogen-bond acceptors (Lipinski definition) is 4. The molecule has 1 atom stereocenters. The van der Waals surface area contributed by atoms with Gasteiger partial charge in [0.05, 0.1) is 12.2 Å². The highest BCUT2D eigenvalue weighted by Crippen LogP contribution is 2.33. The molecule has 2 heterocycles. The molecule has 3 rings (SSSR count). The average Bonchev–Trinajstić information content (AvgIpc) is 2.55. The molecule has 1 amide bonds. The molecule has 23 heavy (non-hydrogen) atoms. The highest BCUT2D eigenvalue weighted by Gasteiger charge is 2.30. The van der Waals surface area contributed by atoms with Gasteiger partial charge in [-0.2, -0.15) is 0 Å². The Morgan fingerprint density at radius 1 is 1.35 bits per heavy atom. The minimum Gasteiger partial charge on any atom is -0.423 e. The zero-order chi connectivity index (χ0) is 16.4. The van der Waals surface area contributed by atoms with Crippen LogP contribution >= 0.6 is 0 Å². The number of ether oxygens (including phenoxy) is 1. The fourth-order valence-corrected chi connectivity index (χ4v) is 3.51. The van der Waals surface area contributed by atoms with Gasteiger partial charge in [-0.25, -0.2) is 4.79 Å². The largest absolute Gasteiger partial charge is 0.423 e. The molecule has 5 nitrogen and oxygen atoms in total. The molecule has 2 aliphatic heterocycles. The highest BCUT2D eigenvalue weighted by atomic mass is 16.5. The van der Waals surface area contributed by atoms with Gasteiger partial charge in [0.2, 0.25) is 5.91 Å². The molecule has 5 heteroatoms. The lowest BCUT2D eigenvalue weighted by atomic mass is 10.00. The van der Waals surface area contributed by atoms with Gasteiger partial charge in [-0.15, -0.1) is 0 Å². The maximum Gasteiger partial charge on any atom is 0.331 e. The number of rotatable bonds is 3. The summed E-state index contributed by atoms with van der Waals surface area (Å²) in [7, 11) is 0. The summed E-state index contributed by atoms with van der Waals surface area (Å²) in [4.78, 5) is 28.4. The molecular weight excluding hydrogens is 292 g/mol. The fraction of sp³-hybridized carbons (Fsp3) is 0.556. The number of anilines is 1. The first-order valence-electron chi connectivity index (χ1n) is 8.44. The molecular formula is C18H24N2O3. The van der Waals surface area contributed by atoms with E-state index < -0.39 is 0 Å². The van der Waals surface area contributed by atoms with Gasteiger partial charge in [0.1, 0.15) is 6.54 Å². The number of carbonyl (C=O) groups excluding carboxylic acids is 2. The second-order valence-electron chi connectivity index (χ2n) is 6.45. The van der Waals surface area contributed by atoms with Crippen LogP contribution in [0, 0.1) is 6.92 Å². The zero-order valence-electron chi connectivity index (χ0n) is 13.9. The topological polar surface area (TPSA) is 49.9 Å². The molecule has 0 aromatic heterocycles. The molecule has 0 radical (unpaired) electrons. The van der Waals surface area contributed by atoms with Crippen molar-refractivity contribution in [1.29, 1.82) is 0 Å². The van der Waals surface area contributed by atoms with E-state index >= 15 is 0 Å². The lowest BCUT2D eigenvalue weighted by Crippen LogP contribution is -2.49. The van der Waals surface area contributed by atoms with Gasteiger partial charge in [0.25, 0.3) is 0 Å². The first kappa shape index (κ1) is 15.8. The molecule has 1 saturated heterocycles. The van der Waals surface area contributed by atoms with Crippen molar-refractivity contribution in [2.75, 3.05) is 24.5 Å². The SMILES string of the molecule is CCC1CCCCN1C(=O)CN1CC(=O)Oc2ccc(C)cc21. The van der Waals surface area contributed by atoms with Crippen molar-refractivity contribution in [3.63, 3.8) is 0 Å². The van der Waals surface area contributed by atoms with Gasteiger partial charge in [0, 0.05) is 12.6 Å². The Morgan fingerprint density at radius 2 is 2.17 bits per heavy atom. The van der Waals surface area contributed by atoms with Crippen molar-refractivity contribution in [2.45, 2.75) is 45.6 Å². The van der Waals surface area contributed by atoms with Crippen LogP contribution in [0.1, 0.15) is 38.2 Å². The number of likely N-dealkylation sites (tertiary alicyclic amines) is 1. The predicted octanol–water partition coefficient (Wildman–Crippen LogP) is 2.51. The van der Waals surface area contributed by atoms with E-state index in [0.29, 0.717) is 11.8 Å². The molecule has 0 saturated carbocycles. The average molecular weight is 316 g/mol. The van der Waals surface area contributed by atoms with Gasteiger partial charge in [-0.3, -0.25) is 4.79 Å². The maximum atomic E-state index is 12.8. The number of aryl methyl sites for hydroxylation is 1. The molecule has 0 bridgehead atoms. The number of fused-ring (bicyclic) bond motifs is 1. The van der Waals surface area contributed by atoms with Crippen LogP contribution < -0.4 is 9.64 Å². The van der Waals surface area contributed by atoms with Crippen molar-refractivity contribution in [1.82, 2.24) is 4.90 Å². The Labute approximate surface area is 137 Å². The number of benzene rings is 1. The van der Waals surface area contributed by atoms with Crippen molar-refractivity contribution in [3.8, 4) is 5.75 Å². The van der Waals surface area contributed by atoms with Crippen LogP contribution in [0.4, 0.5) is 5.69 Å². The second-order valence-corrected chi connectivity index (χ2v) is 6.45. The molecule has 0 aliphatic carbocycles. The highest BCUT2D eigenvalue weighted by molar-refractivity contribution is 5.89. The first-order chi connectivity index (χ1) is 11.1. The summed E-state index contributed by atoms with van der Waals surface area (Å²) in [5, 5.41) is 0. The smallest absolute Gasteiger partial charge is 0.331 e. The summed E-state index contributed by atoms with van der Waals surface area (Å²) in [5.74, 6) is 0.351. The third-order valence-electron chi connectivity index (χ3n) is 4.74. The molecule has 0 spiro atoms. The van der Waals surface area contributed by atoms with E-state index in [1.165, 1.54) is 6.42 Å². The van der Waals surface area contributed by atoms with E-state index in [-0.39, 0.29) is 25.0 Å². The van der Waals surface area contributed by atoms with Crippen LogP contribution in [0.25, 0.3) is 0 Å². The van der Waals surface area contributed by atoms with E-state index in [1.54, 1.807) is 6.07 Å². The predicted molar refractivity (Wildman–Crippen MR) is 88.7 cm³/mol. The van der Waals surface area contributed by atoms with Gasteiger partial charge in [-0.05, 0) is 50.3 Å². The van der Waals surface area contributed by atoms with E-state index in [0.717, 1.165) is 37.1 Å². The maximum absolute atomic E-state index is 12.8. The molecule has 124 valence electrons.